The van der Waals surface area contributed by atoms with Gasteiger partial charge in [0.05, 0.1) is 5.41 Å². The molecule has 0 aromatic carbocycles. The number of aromatic nitrogens is 2. The molecular weight excluding hydrogens is 208 g/mol. The number of hydrogen-bond donors (Lipinski definition) is 1. The van der Waals surface area contributed by atoms with Crippen molar-refractivity contribution in [1.29, 1.82) is 0 Å². The summed E-state index contributed by atoms with van der Waals surface area (Å²) in [4.78, 5) is 22.9. The molecule has 1 aromatic rings. The number of imidazole rings is 1. The molecule has 0 bridgehead atoms. The van der Waals surface area contributed by atoms with Crippen LogP contribution in [0.4, 0.5) is 0 Å². The molecule has 0 atom stereocenters. The fourth-order valence-electron chi connectivity index (χ4n) is 1.67. The first-order valence-corrected chi connectivity index (χ1v) is 5.42. The minimum atomic E-state index is -0.917. The molecule has 2 rings (SSSR count). The fraction of sp³-hybridized carbons (Fsp3) is 0.636. The van der Waals surface area contributed by atoms with Crippen molar-refractivity contribution < 1.29 is 9.90 Å². The summed E-state index contributed by atoms with van der Waals surface area (Å²) in [7, 11) is 0. The van der Waals surface area contributed by atoms with E-state index in [4.69, 9.17) is 5.11 Å². The van der Waals surface area contributed by atoms with Crippen LogP contribution in [0.15, 0.2) is 17.2 Å². The molecule has 0 unspecified atom stereocenters. The van der Waals surface area contributed by atoms with Crippen LogP contribution in [0.25, 0.3) is 0 Å². The topological polar surface area (TPSA) is 64.2 Å². The SMILES string of the molecule is CC(C)(Cn1ccn(C2CC2)c1=O)C(=O)O. The van der Waals surface area contributed by atoms with E-state index in [1.807, 2.05) is 0 Å². The van der Waals surface area contributed by atoms with Crippen molar-refractivity contribution >= 4 is 5.97 Å². The first-order valence-electron chi connectivity index (χ1n) is 5.42. The van der Waals surface area contributed by atoms with Gasteiger partial charge in [0.1, 0.15) is 0 Å². The minimum absolute atomic E-state index is 0.100. The van der Waals surface area contributed by atoms with Crippen molar-refractivity contribution in [3.8, 4) is 0 Å². The van der Waals surface area contributed by atoms with Gasteiger partial charge in [0, 0.05) is 25.0 Å². The summed E-state index contributed by atoms with van der Waals surface area (Å²) in [5, 5.41) is 9.00. The van der Waals surface area contributed by atoms with Crippen molar-refractivity contribution in [2.24, 2.45) is 5.41 Å². The van der Waals surface area contributed by atoms with E-state index in [2.05, 4.69) is 0 Å². The first kappa shape index (κ1) is 11.0. The molecule has 0 amide bonds. The predicted molar refractivity (Wildman–Crippen MR) is 58.4 cm³/mol. The van der Waals surface area contributed by atoms with E-state index in [0.717, 1.165) is 12.8 Å². The van der Waals surface area contributed by atoms with Crippen LogP contribution < -0.4 is 5.69 Å². The van der Waals surface area contributed by atoms with Crippen LogP contribution in [0.2, 0.25) is 0 Å². The van der Waals surface area contributed by atoms with Crippen molar-refractivity contribution in [1.82, 2.24) is 9.13 Å². The Balaban J connectivity index is 2.22. The molecule has 1 saturated carbocycles. The van der Waals surface area contributed by atoms with Gasteiger partial charge in [-0.2, -0.15) is 0 Å². The number of nitrogens with zero attached hydrogens (tertiary/aromatic N) is 2. The second-order valence-corrected chi connectivity index (χ2v) is 5.04. The Hall–Kier alpha value is -1.52. The maximum Gasteiger partial charge on any atom is 0.328 e. The highest BCUT2D eigenvalue weighted by Crippen LogP contribution is 2.33. The standard InChI is InChI=1S/C11H16N2O3/c1-11(2,9(14)15)7-12-5-6-13(10(12)16)8-3-4-8/h5-6,8H,3-4,7H2,1-2H3,(H,14,15). The number of hydrogen-bond acceptors (Lipinski definition) is 2. The largest absolute Gasteiger partial charge is 0.481 e. The van der Waals surface area contributed by atoms with Gasteiger partial charge in [0.2, 0.25) is 0 Å². The zero-order chi connectivity index (χ0) is 11.9. The molecule has 1 aromatic heterocycles. The van der Waals surface area contributed by atoms with Crippen LogP contribution in [0.3, 0.4) is 0 Å². The highest BCUT2D eigenvalue weighted by Gasteiger charge is 2.30. The molecule has 0 spiro atoms. The van der Waals surface area contributed by atoms with Crippen LogP contribution in [-0.2, 0) is 11.3 Å². The Morgan fingerprint density at radius 3 is 2.62 bits per heavy atom. The number of carbonyl (C=O) groups is 1. The third kappa shape index (κ3) is 1.89. The third-order valence-electron chi connectivity index (χ3n) is 2.96. The van der Waals surface area contributed by atoms with E-state index in [1.54, 1.807) is 30.8 Å². The molecule has 1 fully saturated rings. The van der Waals surface area contributed by atoms with E-state index in [1.165, 1.54) is 4.57 Å². The Bertz CT molecular complexity index is 466. The number of carboxylic acids is 1. The summed E-state index contributed by atoms with van der Waals surface area (Å²) in [5.74, 6) is -0.890. The lowest BCUT2D eigenvalue weighted by molar-refractivity contribution is -0.147. The quantitative estimate of drug-likeness (QED) is 0.832. The number of aliphatic carboxylic acids is 1. The number of carboxylic acid groups (broad SMARTS) is 1. The van der Waals surface area contributed by atoms with Gasteiger partial charge in [-0.15, -0.1) is 0 Å². The molecule has 1 aliphatic rings. The lowest BCUT2D eigenvalue weighted by atomic mass is 9.94. The molecule has 16 heavy (non-hydrogen) atoms. The van der Waals surface area contributed by atoms with Crippen LogP contribution in [0.5, 0.6) is 0 Å². The Morgan fingerprint density at radius 2 is 2.12 bits per heavy atom. The maximum atomic E-state index is 11.9. The Morgan fingerprint density at radius 1 is 1.50 bits per heavy atom. The zero-order valence-corrected chi connectivity index (χ0v) is 9.51. The molecule has 1 N–H and O–H groups in total. The van der Waals surface area contributed by atoms with E-state index in [9.17, 15) is 9.59 Å². The van der Waals surface area contributed by atoms with Gasteiger partial charge < -0.3 is 5.11 Å². The van der Waals surface area contributed by atoms with Crippen LogP contribution in [0, 0.1) is 5.41 Å². The number of rotatable bonds is 4. The smallest absolute Gasteiger partial charge is 0.328 e. The normalized spacial score (nSPS) is 16.4. The van der Waals surface area contributed by atoms with Crippen molar-refractivity contribution in [2.45, 2.75) is 39.3 Å². The minimum Gasteiger partial charge on any atom is -0.481 e. The molecule has 1 aliphatic carbocycles. The highest BCUT2D eigenvalue weighted by molar-refractivity contribution is 5.73. The Kier molecular flexibility index (Phi) is 2.40. The van der Waals surface area contributed by atoms with Crippen molar-refractivity contribution in [2.75, 3.05) is 0 Å². The highest BCUT2D eigenvalue weighted by atomic mass is 16.4. The summed E-state index contributed by atoms with van der Waals surface area (Å²) in [5.41, 5.74) is -1.02. The van der Waals surface area contributed by atoms with E-state index in [-0.39, 0.29) is 12.2 Å². The molecular formula is C11H16N2O3. The van der Waals surface area contributed by atoms with E-state index < -0.39 is 11.4 Å². The molecule has 0 saturated heterocycles. The van der Waals surface area contributed by atoms with E-state index in [0.29, 0.717) is 6.04 Å². The molecule has 0 aliphatic heterocycles. The van der Waals surface area contributed by atoms with Crippen LogP contribution in [-0.4, -0.2) is 20.2 Å². The van der Waals surface area contributed by atoms with Crippen LogP contribution >= 0.6 is 0 Å². The monoisotopic (exact) mass is 224 g/mol. The summed E-state index contributed by atoms with van der Waals surface area (Å²) in [6, 6.07) is 0.335. The van der Waals surface area contributed by atoms with Gasteiger partial charge >= 0.3 is 11.7 Å². The van der Waals surface area contributed by atoms with Gasteiger partial charge in [-0.25, -0.2) is 4.79 Å². The van der Waals surface area contributed by atoms with Gasteiger partial charge in [0.25, 0.3) is 0 Å². The average molecular weight is 224 g/mol. The second-order valence-electron chi connectivity index (χ2n) is 5.04. The molecule has 5 heteroatoms. The summed E-state index contributed by atoms with van der Waals surface area (Å²) < 4.78 is 3.17. The lowest BCUT2D eigenvalue weighted by Gasteiger charge is -2.18. The maximum absolute atomic E-state index is 11.9. The summed E-state index contributed by atoms with van der Waals surface area (Å²) in [6.07, 6.45) is 5.52. The lowest BCUT2D eigenvalue weighted by Crippen LogP contribution is -2.34. The predicted octanol–water partition coefficient (Wildman–Crippen LogP) is 1.10. The van der Waals surface area contributed by atoms with Crippen LogP contribution in [0.1, 0.15) is 32.7 Å². The summed E-state index contributed by atoms with van der Waals surface area (Å²) >= 11 is 0. The molecule has 1 heterocycles. The zero-order valence-electron chi connectivity index (χ0n) is 9.51. The Labute approximate surface area is 93.3 Å². The first-order chi connectivity index (χ1) is 7.42. The molecule has 88 valence electrons. The average Bonchev–Trinajstić information content (AvgIpc) is 2.95. The van der Waals surface area contributed by atoms with Gasteiger partial charge in [-0.1, -0.05) is 0 Å². The second kappa shape index (κ2) is 3.50. The fourth-order valence-corrected chi connectivity index (χ4v) is 1.67. The van der Waals surface area contributed by atoms with Gasteiger partial charge in [-0.3, -0.25) is 13.9 Å². The van der Waals surface area contributed by atoms with Crippen molar-refractivity contribution in [3.05, 3.63) is 22.9 Å². The van der Waals surface area contributed by atoms with Gasteiger partial charge in [0.15, 0.2) is 0 Å². The summed E-state index contributed by atoms with van der Waals surface area (Å²) in [6.45, 7) is 3.45. The molecule has 5 nitrogen and oxygen atoms in total. The van der Waals surface area contributed by atoms with Crippen molar-refractivity contribution in [3.63, 3.8) is 0 Å². The third-order valence-corrected chi connectivity index (χ3v) is 2.96. The van der Waals surface area contributed by atoms with E-state index >= 15 is 0 Å². The molecule has 0 radical (unpaired) electrons. The van der Waals surface area contributed by atoms with Gasteiger partial charge in [-0.05, 0) is 26.7 Å².